The van der Waals surface area contributed by atoms with Crippen LogP contribution in [0.25, 0.3) is 11.1 Å². The van der Waals surface area contributed by atoms with Gasteiger partial charge in [0.05, 0.1) is 0 Å². The van der Waals surface area contributed by atoms with Crippen LogP contribution in [0.15, 0.2) is 41.3 Å². The van der Waals surface area contributed by atoms with Crippen molar-refractivity contribution < 1.29 is 14.3 Å². The quantitative estimate of drug-likeness (QED) is 0.852. The molecule has 0 aliphatic carbocycles. The van der Waals surface area contributed by atoms with E-state index in [2.05, 4.69) is 6.92 Å². The second kappa shape index (κ2) is 7.02. The van der Waals surface area contributed by atoms with Crippen molar-refractivity contribution in [3.8, 4) is 11.1 Å². The van der Waals surface area contributed by atoms with E-state index in [1.54, 1.807) is 18.2 Å². The molecule has 0 spiro atoms. The number of aromatic nitrogens is 1. The molecule has 0 bridgehead atoms. The predicted octanol–water partition coefficient (Wildman–Crippen LogP) is 3.91. The zero-order chi connectivity index (χ0) is 16.1. The molecule has 0 saturated carbocycles. The molecule has 22 heavy (non-hydrogen) atoms. The van der Waals surface area contributed by atoms with E-state index in [1.807, 2.05) is 0 Å². The lowest BCUT2D eigenvalue weighted by molar-refractivity contribution is 0.195. The van der Waals surface area contributed by atoms with Gasteiger partial charge in [0.1, 0.15) is 5.82 Å². The molecule has 1 N–H and O–H groups in total. The summed E-state index contributed by atoms with van der Waals surface area (Å²) in [6.45, 7) is 2.06. The maximum atomic E-state index is 13.1. The summed E-state index contributed by atoms with van der Waals surface area (Å²) >= 11 is 0. The van der Waals surface area contributed by atoms with Crippen molar-refractivity contribution in [3.63, 3.8) is 0 Å². The molecule has 0 fully saturated rings. The third kappa shape index (κ3) is 3.42. The third-order valence-corrected chi connectivity index (χ3v) is 3.58. The van der Waals surface area contributed by atoms with Gasteiger partial charge in [-0.05, 0) is 42.2 Å². The third-order valence-electron chi connectivity index (χ3n) is 3.58. The maximum Gasteiger partial charge on any atom is 0.418 e. The minimum Gasteiger partial charge on any atom is -0.464 e. The van der Waals surface area contributed by atoms with Crippen LogP contribution in [-0.4, -0.2) is 15.8 Å². The normalized spacial score (nSPS) is 10.6. The predicted molar refractivity (Wildman–Crippen MR) is 82.7 cm³/mol. The zero-order valence-electron chi connectivity index (χ0n) is 12.4. The number of hydrogen-bond donors (Lipinski definition) is 1. The molecule has 1 aromatic carbocycles. The maximum absolute atomic E-state index is 13.1. The van der Waals surface area contributed by atoms with Crippen LogP contribution in [0.4, 0.5) is 9.18 Å². The molecule has 0 saturated heterocycles. The van der Waals surface area contributed by atoms with Crippen LogP contribution in [0.3, 0.4) is 0 Å². The SMILES string of the molecule is CCCCCc1c(-c2ccc(F)cc2)ccn(C(=O)O)c1=O. The molecule has 0 aliphatic heterocycles. The van der Waals surface area contributed by atoms with Gasteiger partial charge in [-0.1, -0.05) is 31.9 Å². The van der Waals surface area contributed by atoms with Crippen molar-refractivity contribution in [1.82, 2.24) is 4.57 Å². The first-order chi connectivity index (χ1) is 10.5. The standard InChI is InChI=1S/C17H18FNO3/c1-2-3-4-5-15-14(12-6-8-13(18)9-7-12)10-11-19(16(15)20)17(21)22/h6-11H,2-5H2,1H3,(H,21,22). The second-order valence-electron chi connectivity index (χ2n) is 5.13. The number of hydrogen-bond acceptors (Lipinski definition) is 2. The van der Waals surface area contributed by atoms with Gasteiger partial charge in [0.15, 0.2) is 0 Å². The molecule has 2 aromatic rings. The van der Waals surface area contributed by atoms with Crippen molar-refractivity contribution in [2.24, 2.45) is 0 Å². The highest BCUT2D eigenvalue weighted by atomic mass is 19.1. The number of rotatable bonds is 5. The molecule has 1 aromatic heterocycles. The Labute approximate surface area is 127 Å². The molecule has 116 valence electrons. The highest BCUT2D eigenvalue weighted by molar-refractivity contribution is 5.72. The van der Waals surface area contributed by atoms with E-state index in [4.69, 9.17) is 5.11 Å². The Bertz CT molecular complexity index is 720. The molecule has 4 nitrogen and oxygen atoms in total. The Hall–Kier alpha value is -2.43. The first kappa shape index (κ1) is 15.9. The number of carboxylic acid groups (broad SMARTS) is 1. The van der Waals surface area contributed by atoms with Gasteiger partial charge >= 0.3 is 6.09 Å². The fourth-order valence-electron chi connectivity index (χ4n) is 2.42. The molecule has 0 radical (unpaired) electrons. The molecule has 2 rings (SSSR count). The number of benzene rings is 1. The summed E-state index contributed by atoms with van der Waals surface area (Å²) in [7, 11) is 0. The molecule has 5 heteroatoms. The van der Waals surface area contributed by atoms with Crippen molar-refractivity contribution in [2.45, 2.75) is 32.6 Å². The van der Waals surface area contributed by atoms with E-state index in [0.29, 0.717) is 27.7 Å². The summed E-state index contributed by atoms with van der Waals surface area (Å²) in [5, 5.41) is 9.07. The monoisotopic (exact) mass is 303 g/mol. The highest BCUT2D eigenvalue weighted by Gasteiger charge is 2.14. The summed E-state index contributed by atoms with van der Waals surface area (Å²) < 4.78 is 13.7. The smallest absolute Gasteiger partial charge is 0.418 e. The van der Waals surface area contributed by atoms with Gasteiger partial charge in [-0.15, -0.1) is 0 Å². The van der Waals surface area contributed by atoms with Gasteiger partial charge in [-0.2, -0.15) is 0 Å². The first-order valence-electron chi connectivity index (χ1n) is 7.28. The Kier molecular flexibility index (Phi) is 5.09. The molecule has 1 heterocycles. The Morgan fingerprint density at radius 3 is 2.45 bits per heavy atom. The van der Waals surface area contributed by atoms with Crippen molar-refractivity contribution >= 4 is 6.09 Å². The topological polar surface area (TPSA) is 59.3 Å². The summed E-state index contributed by atoms with van der Waals surface area (Å²) in [5.74, 6) is -0.352. The van der Waals surface area contributed by atoms with E-state index in [0.717, 1.165) is 19.3 Å². The van der Waals surface area contributed by atoms with Gasteiger partial charge in [0.2, 0.25) is 0 Å². The molecule has 0 atom stereocenters. The molecule has 0 amide bonds. The number of nitrogens with zero attached hydrogens (tertiary/aromatic N) is 1. The van der Waals surface area contributed by atoms with Crippen LogP contribution in [0.2, 0.25) is 0 Å². The van der Waals surface area contributed by atoms with E-state index < -0.39 is 11.7 Å². The summed E-state index contributed by atoms with van der Waals surface area (Å²) in [6.07, 6.45) is 3.23. The van der Waals surface area contributed by atoms with Gasteiger partial charge in [0, 0.05) is 11.8 Å². The van der Waals surface area contributed by atoms with E-state index >= 15 is 0 Å². The minimum atomic E-state index is -1.30. The van der Waals surface area contributed by atoms with Crippen LogP contribution in [0.1, 0.15) is 31.7 Å². The minimum absolute atomic E-state index is 0.352. The van der Waals surface area contributed by atoms with E-state index in [9.17, 15) is 14.0 Å². The fourth-order valence-corrected chi connectivity index (χ4v) is 2.42. The average molecular weight is 303 g/mol. The van der Waals surface area contributed by atoms with Crippen molar-refractivity contribution in [3.05, 3.63) is 58.3 Å². The molecular weight excluding hydrogens is 285 g/mol. The van der Waals surface area contributed by atoms with Gasteiger partial charge in [-0.3, -0.25) is 4.79 Å². The number of halogens is 1. The average Bonchev–Trinajstić information content (AvgIpc) is 2.49. The van der Waals surface area contributed by atoms with Crippen LogP contribution in [0, 0.1) is 5.82 Å². The zero-order valence-corrected chi connectivity index (χ0v) is 12.4. The number of unbranched alkanes of at least 4 members (excludes halogenated alkanes) is 2. The van der Waals surface area contributed by atoms with Crippen LogP contribution < -0.4 is 5.56 Å². The Balaban J connectivity index is 2.52. The lowest BCUT2D eigenvalue weighted by atomic mass is 9.97. The van der Waals surface area contributed by atoms with Crippen LogP contribution in [-0.2, 0) is 6.42 Å². The van der Waals surface area contributed by atoms with E-state index in [1.165, 1.54) is 18.3 Å². The lowest BCUT2D eigenvalue weighted by Gasteiger charge is -2.11. The van der Waals surface area contributed by atoms with Gasteiger partial charge in [-0.25, -0.2) is 13.8 Å². The second-order valence-corrected chi connectivity index (χ2v) is 5.13. The number of carbonyl (C=O) groups is 1. The van der Waals surface area contributed by atoms with Gasteiger partial charge in [0.25, 0.3) is 5.56 Å². The fraction of sp³-hybridized carbons (Fsp3) is 0.294. The van der Waals surface area contributed by atoms with Gasteiger partial charge < -0.3 is 5.11 Å². The Morgan fingerprint density at radius 2 is 1.86 bits per heavy atom. The highest BCUT2D eigenvalue weighted by Crippen LogP contribution is 2.23. The Morgan fingerprint density at radius 1 is 1.18 bits per heavy atom. The largest absolute Gasteiger partial charge is 0.464 e. The number of pyridine rings is 1. The molecule has 0 unspecified atom stereocenters. The first-order valence-corrected chi connectivity index (χ1v) is 7.28. The summed E-state index contributed by atoms with van der Waals surface area (Å²) in [5.41, 5.74) is 1.32. The molecule has 0 aliphatic rings. The summed E-state index contributed by atoms with van der Waals surface area (Å²) in [6, 6.07) is 7.45. The lowest BCUT2D eigenvalue weighted by Crippen LogP contribution is -2.28. The summed E-state index contributed by atoms with van der Waals surface area (Å²) in [4.78, 5) is 23.5. The van der Waals surface area contributed by atoms with Crippen molar-refractivity contribution in [2.75, 3.05) is 0 Å². The molecular formula is C17H18FNO3. The van der Waals surface area contributed by atoms with Crippen LogP contribution in [0.5, 0.6) is 0 Å². The van der Waals surface area contributed by atoms with E-state index in [-0.39, 0.29) is 5.82 Å². The van der Waals surface area contributed by atoms with Crippen LogP contribution >= 0.6 is 0 Å². The van der Waals surface area contributed by atoms with Crippen molar-refractivity contribution in [1.29, 1.82) is 0 Å².